The number of carbonyl (C=O) groups excluding carboxylic acids is 1. The first kappa shape index (κ1) is 24.9. The number of hydrogen-bond donors (Lipinski definition) is 2. The fourth-order valence-corrected chi connectivity index (χ4v) is 5.35. The summed E-state index contributed by atoms with van der Waals surface area (Å²) in [6.45, 7) is 3.94. The molecule has 0 radical (unpaired) electrons. The minimum Gasteiger partial charge on any atom is -0.489 e. The smallest absolute Gasteiger partial charge is 0.225 e. The molecule has 5 rings (SSSR count). The van der Waals surface area contributed by atoms with Crippen LogP contribution in [0, 0.1) is 17.2 Å². The maximum Gasteiger partial charge on any atom is 0.225 e. The van der Waals surface area contributed by atoms with Crippen molar-refractivity contribution in [2.45, 2.75) is 50.4 Å². The Kier molecular flexibility index (Phi) is 7.66. The van der Waals surface area contributed by atoms with Gasteiger partial charge in [0, 0.05) is 25.3 Å². The topological polar surface area (TPSA) is 88.8 Å². The quantitative estimate of drug-likeness (QED) is 0.534. The Balaban J connectivity index is 1.25. The van der Waals surface area contributed by atoms with Crippen LogP contribution in [0.4, 0.5) is 5.69 Å². The second-order valence-corrected chi connectivity index (χ2v) is 10.6. The zero-order valence-electron chi connectivity index (χ0n) is 20.4. The second kappa shape index (κ2) is 11.1. The summed E-state index contributed by atoms with van der Waals surface area (Å²) >= 11 is 6.47. The highest BCUT2D eigenvalue weighted by Crippen LogP contribution is 2.34. The van der Waals surface area contributed by atoms with Crippen molar-refractivity contribution in [1.29, 1.82) is 5.26 Å². The molecule has 2 aromatic carbocycles. The lowest BCUT2D eigenvalue weighted by Gasteiger charge is -2.30. The van der Waals surface area contributed by atoms with Crippen LogP contribution in [0.3, 0.4) is 0 Å². The summed E-state index contributed by atoms with van der Waals surface area (Å²) < 4.78 is 5.84. The van der Waals surface area contributed by atoms with Crippen molar-refractivity contribution in [1.82, 2.24) is 10.2 Å². The van der Waals surface area contributed by atoms with E-state index in [-0.39, 0.29) is 17.9 Å². The molecule has 2 aromatic rings. The molecule has 7 nitrogen and oxygen atoms in total. The van der Waals surface area contributed by atoms with E-state index in [2.05, 4.69) is 21.2 Å². The van der Waals surface area contributed by atoms with Crippen molar-refractivity contribution in [2.24, 2.45) is 5.92 Å². The second-order valence-electron chi connectivity index (χ2n) is 10.2. The van der Waals surface area contributed by atoms with E-state index < -0.39 is 12.1 Å². The monoisotopic (exact) mass is 508 g/mol. The fourth-order valence-electron chi connectivity index (χ4n) is 5.12. The van der Waals surface area contributed by atoms with Crippen LogP contribution in [-0.2, 0) is 4.79 Å². The van der Waals surface area contributed by atoms with Gasteiger partial charge in [-0.1, -0.05) is 17.7 Å². The molecule has 2 heterocycles. The van der Waals surface area contributed by atoms with Crippen molar-refractivity contribution < 1.29 is 14.6 Å². The molecule has 3 aliphatic rings. The first-order chi connectivity index (χ1) is 17.5. The van der Waals surface area contributed by atoms with Crippen molar-refractivity contribution in [2.75, 3.05) is 37.6 Å². The van der Waals surface area contributed by atoms with Gasteiger partial charge in [0.2, 0.25) is 5.91 Å². The standard InChI is InChI=1S/C28H33ClN4O3/c29-24-15-20(5-10-26(24)36-23-8-9-23)27(34)25(18-32-12-1-2-13-32)31-28(35)21-11-14-33(17-21)22-6-3-19(16-30)4-7-22/h3-7,10,15,21,23,25,27,34H,1-2,8-9,11-14,17-18H2,(H,31,35)/t21-,25-,27-/m1/s1. The van der Waals surface area contributed by atoms with Crippen molar-refractivity contribution in [3.63, 3.8) is 0 Å². The summed E-state index contributed by atoms with van der Waals surface area (Å²) in [7, 11) is 0. The van der Waals surface area contributed by atoms with Crippen molar-refractivity contribution >= 4 is 23.2 Å². The lowest BCUT2D eigenvalue weighted by molar-refractivity contribution is -0.126. The molecular weight excluding hydrogens is 476 g/mol. The molecule has 1 amide bonds. The zero-order valence-corrected chi connectivity index (χ0v) is 21.2. The molecule has 2 aliphatic heterocycles. The van der Waals surface area contributed by atoms with Gasteiger partial charge in [-0.3, -0.25) is 4.79 Å². The number of amides is 1. The Hall–Kier alpha value is -2.79. The lowest BCUT2D eigenvalue weighted by atomic mass is 10.00. The summed E-state index contributed by atoms with van der Waals surface area (Å²) in [6.07, 6.45) is 4.49. The molecule has 1 saturated carbocycles. The van der Waals surface area contributed by atoms with Crippen LogP contribution < -0.4 is 15.0 Å². The number of rotatable bonds is 9. The fraction of sp³-hybridized carbons (Fsp3) is 0.500. The van der Waals surface area contributed by atoms with Crippen LogP contribution >= 0.6 is 11.6 Å². The normalized spacial score (nSPS) is 21.7. The average Bonchev–Trinajstić information content (AvgIpc) is 3.33. The number of aliphatic hydroxyl groups excluding tert-OH is 1. The maximum atomic E-state index is 13.3. The SMILES string of the molecule is N#Cc1ccc(N2CC[C@@H](C(=O)N[C@H](CN3CCCC3)[C@H](O)c3ccc(OC4CC4)c(Cl)c3)C2)cc1. The van der Waals surface area contributed by atoms with Crippen LogP contribution in [0.2, 0.25) is 5.02 Å². The van der Waals surface area contributed by atoms with Gasteiger partial charge in [0.15, 0.2) is 0 Å². The third-order valence-corrected chi connectivity index (χ3v) is 7.69. The lowest BCUT2D eigenvalue weighted by Crippen LogP contribution is -2.48. The number of nitriles is 1. The van der Waals surface area contributed by atoms with Gasteiger partial charge in [0.1, 0.15) is 11.9 Å². The number of hydrogen-bond acceptors (Lipinski definition) is 6. The first-order valence-electron chi connectivity index (χ1n) is 12.9. The number of aliphatic hydroxyl groups is 1. The van der Waals surface area contributed by atoms with E-state index in [1.54, 1.807) is 18.2 Å². The van der Waals surface area contributed by atoms with E-state index in [1.165, 1.54) is 0 Å². The molecule has 36 heavy (non-hydrogen) atoms. The highest BCUT2D eigenvalue weighted by Gasteiger charge is 2.33. The van der Waals surface area contributed by atoms with Gasteiger partial charge >= 0.3 is 0 Å². The number of nitrogens with one attached hydrogen (secondary N) is 1. The number of ether oxygens (including phenoxy) is 1. The molecule has 3 fully saturated rings. The van der Waals surface area contributed by atoms with Gasteiger partial charge in [0.25, 0.3) is 0 Å². The Bertz CT molecular complexity index is 1110. The molecule has 0 aromatic heterocycles. The van der Waals surface area contributed by atoms with Crippen molar-refractivity contribution in [3.05, 3.63) is 58.6 Å². The van der Waals surface area contributed by atoms with Crippen LogP contribution in [0.5, 0.6) is 5.75 Å². The van der Waals surface area contributed by atoms with E-state index in [4.69, 9.17) is 21.6 Å². The molecule has 190 valence electrons. The molecule has 0 unspecified atom stereocenters. The molecule has 2 N–H and O–H groups in total. The Morgan fingerprint density at radius 2 is 1.89 bits per heavy atom. The molecular formula is C28H33ClN4O3. The van der Waals surface area contributed by atoms with Gasteiger partial charge in [-0.15, -0.1) is 0 Å². The minimum absolute atomic E-state index is 0.0332. The zero-order chi connectivity index (χ0) is 25.1. The largest absolute Gasteiger partial charge is 0.489 e. The van der Waals surface area contributed by atoms with Gasteiger partial charge in [-0.2, -0.15) is 5.26 Å². The Morgan fingerprint density at radius 1 is 1.14 bits per heavy atom. The summed E-state index contributed by atoms with van der Waals surface area (Å²) in [4.78, 5) is 17.8. The number of benzene rings is 2. The highest BCUT2D eigenvalue weighted by atomic mass is 35.5. The first-order valence-corrected chi connectivity index (χ1v) is 13.3. The third-order valence-electron chi connectivity index (χ3n) is 7.40. The van der Waals surface area contributed by atoms with E-state index in [0.717, 1.165) is 57.4 Å². The molecule has 2 saturated heterocycles. The predicted octanol–water partition coefficient (Wildman–Crippen LogP) is 3.89. The number of anilines is 1. The van der Waals surface area contributed by atoms with E-state index in [1.807, 2.05) is 24.3 Å². The molecule has 1 aliphatic carbocycles. The summed E-state index contributed by atoms with van der Waals surface area (Å²) in [5.74, 6) is 0.449. The van der Waals surface area contributed by atoms with Crippen LogP contribution in [0.1, 0.15) is 49.3 Å². The summed E-state index contributed by atoms with van der Waals surface area (Å²) in [5, 5.41) is 24.0. The van der Waals surface area contributed by atoms with Gasteiger partial charge in [-0.25, -0.2) is 0 Å². The summed E-state index contributed by atoms with van der Waals surface area (Å²) in [6, 6.07) is 14.6. The number of carbonyl (C=O) groups is 1. The number of halogens is 1. The number of likely N-dealkylation sites (tertiary alicyclic amines) is 1. The Morgan fingerprint density at radius 3 is 2.56 bits per heavy atom. The predicted molar refractivity (Wildman–Crippen MR) is 139 cm³/mol. The van der Waals surface area contributed by atoms with Crippen LogP contribution in [0.15, 0.2) is 42.5 Å². The molecule has 3 atom stereocenters. The van der Waals surface area contributed by atoms with E-state index in [9.17, 15) is 9.90 Å². The van der Waals surface area contributed by atoms with E-state index in [0.29, 0.717) is 35.0 Å². The Labute approximate surface area is 217 Å². The minimum atomic E-state index is -0.877. The number of nitrogens with zero attached hydrogens (tertiary/aromatic N) is 3. The van der Waals surface area contributed by atoms with Crippen molar-refractivity contribution in [3.8, 4) is 11.8 Å². The van der Waals surface area contributed by atoms with Gasteiger partial charge in [-0.05, 0) is 87.2 Å². The third kappa shape index (κ3) is 5.95. The van der Waals surface area contributed by atoms with Crippen LogP contribution in [-0.4, -0.2) is 60.8 Å². The average molecular weight is 509 g/mol. The van der Waals surface area contributed by atoms with Gasteiger partial charge in [0.05, 0.1) is 34.7 Å². The maximum absolute atomic E-state index is 13.3. The molecule has 0 bridgehead atoms. The molecule has 0 spiro atoms. The van der Waals surface area contributed by atoms with E-state index >= 15 is 0 Å². The van der Waals surface area contributed by atoms with Gasteiger partial charge < -0.3 is 25.0 Å². The highest BCUT2D eigenvalue weighted by molar-refractivity contribution is 6.32. The summed E-state index contributed by atoms with van der Waals surface area (Å²) in [5.41, 5.74) is 2.32. The van der Waals surface area contributed by atoms with Crippen LogP contribution in [0.25, 0.3) is 0 Å². The molecule has 8 heteroatoms.